The number of amides is 1. The summed E-state index contributed by atoms with van der Waals surface area (Å²) in [7, 11) is 0. The van der Waals surface area contributed by atoms with Crippen molar-refractivity contribution in [2.24, 2.45) is 0 Å². The molecule has 12 heteroatoms. The maximum absolute atomic E-state index is 12.4. The van der Waals surface area contributed by atoms with Gasteiger partial charge in [0.1, 0.15) is 5.52 Å². The van der Waals surface area contributed by atoms with E-state index >= 15 is 0 Å². The maximum Gasteiger partial charge on any atom is 0.303 e. The monoisotopic (exact) mass is 637 g/mol. The van der Waals surface area contributed by atoms with E-state index in [2.05, 4.69) is 60.8 Å². The number of fused-ring (bicyclic) bond motifs is 1. The summed E-state index contributed by atoms with van der Waals surface area (Å²) in [6.45, 7) is 9.93. The van der Waals surface area contributed by atoms with Crippen LogP contribution in [0, 0.1) is 0 Å². The topological polar surface area (TPSA) is 132 Å². The Hall–Kier alpha value is -4.97. The molecule has 3 N–H and O–H groups in total. The second kappa shape index (κ2) is 15.1. The number of carbonyl (C=O) groups excluding carboxylic acids is 1. The molecule has 4 heterocycles. The number of carboxylic acids is 1. The van der Waals surface area contributed by atoms with Crippen LogP contribution in [-0.4, -0.2) is 92.1 Å². The molecule has 12 nitrogen and oxygen atoms in total. The van der Waals surface area contributed by atoms with Gasteiger partial charge in [-0.1, -0.05) is 37.6 Å². The normalized spacial score (nSPS) is 16.8. The third-order valence-electron chi connectivity index (χ3n) is 8.95. The summed E-state index contributed by atoms with van der Waals surface area (Å²) in [6, 6.07) is 18.3. The molecule has 1 amide bonds. The standard InChI is InChI=1S/C35H43N9O3/c1-2-31(45)43-19-17-29(25-43)44-33-30(39-35(44)38-26-10-6-5-7-11-26)24-36-34(40-33)37-27-13-15-28(16-14-27)42-22-20-41(21-23-42)18-9-4-3-8-12-32(46)47/h2,5-7,10-11,13-16,24,29H,1,3-4,8-9,12,17-23,25H2,(H,38,39)(H,46,47)(H,36,37,40). The summed E-state index contributed by atoms with van der Waals surface area (Å²) in [4.78, 5) is 44.1. The van der Waals surface area contributed by atoms with Crippen molar-refractivity contribution in [3.8, 4) is 0 Å². The lowest BCUT2D eigenvalue weighted by Gasteiger charge is -2.36. The molecule has 0 aliphatic carbocycles. The Labute approximate surface area is 275 Å². The second-order valence-electron chi connectivity index (χ2n) is 12.2. The van der Waals surface area contributed by atoms with Gasteiger partial charge in [-0.3, -0.25) is 19.1 Å². The zero-order valence-corrected chi connectivity index (χ0v) is 26.7. The highest BCUT2D eigenvalue weighted by atomic mass is 16.4. The van der Waals surface area contributed by atoms with E-state index in [-0.39, 0.29) is 18.4 Å². The summed E-state index contributed by atoms with van der Waals surface area (Å²) >= 11 is 0. The van der Waals surface area contributed by atoms with Crippen LogP contribution in [0.15, 0.2) is 73.4 Å². The summed E-state index contributed by atoms with van der Waals surface area (Å²) in [5.41, 5.74) is 4.38. The lowest BCUT2D eigenvalue weighted by molar-refractivity contribution is -0.137. The van der Waals surface area contributed by atoms with Crippen LogP contribution < -0.4 is 15.5 Å². The van der Waals surface area contributed by atoms with E-state index < -0.39 is 5.97 Å². The molecule has 1 unspecified atom stereocenters. The summed E-state index contributed by atoms with van der Waals surface area (Å²) in [6.07, 6.45) is 8.12. The van der Waals surface area contributed by atoms with Gasteiger partial charge in [0, 0.05) is 62.8 Å². The van der Waals surface area contributed by atoms with Gasteiger partial charge in [-0.05, 0) is 68.3 Å². The van der Waals surface area contributed by atoms with Gasteiger partial charge < -0.3 is 25.5 Å². The highest BCUT2D eigenvalue weighted by Crippen LogP contribution is 2.32. The highest BCUT2D eigenvalue weighted by molar-refractivity contribution is 5.87. The minimum atomic E-state index is -0.703. The fraction of sp³-hybridized carbons (Fsp3) is 0.400. The van der Waals surface area contributed by atoms with Crippen LogP contribution in [0.25, 0.3) is 11.2 Å². The van der Waals surface area contributed by atoms with Crippen molar-refractivity contribution in [2.75, 3.05) is 61.3 Å². The summed E-state index contributed by atoms with van der Waals surface area (Å²) < 4.78 is 2.09. The van der Waals surface area contributed by atoms with Crippen LogP contribution in [0.5, 0.6) is 0 Å². The molecule has 2 aliphatic rings. The third-order valence-corrected chi connectivity index (χ3v) is 8.95. The number of aromatic nitrogens is 4. The van der Waals surface area contributed by atoms with Crippen molar-refractivity contribution < 1.29 is 14.7 Å². The van der Waals surface area contributed by atoms with Crippen molar-refractivity contribution in [1.82, 2.24) is 29.3 Å². The number of benzene rings is 2. The van der Waals surface area contributed by atoms with Crippen molar-refractivity contribution in [1.29, 1.82) is 0 Å². The predicted molar refractivity (Wildman–Crippen MR) is 185 cm³/mol. The number of rotatable bonds is 14. The van der Waals surface area contributed by atoms with Crippen molar-refractivity contribution >= 4 is 52.0 Å². The van der Waals surface area contributed by atoms with Crippen LogP contribution in [0.4, 0.5) is 29.0 Å². The molecule has 6 rings (SSSR count). The average molecular weight is 638 g/mol. The zero-order chi connectivity index (χ0) is 32.6. The van der Waals surface area contributed by atoms with Crippen molar-refractivity contribution in [2.45, 2.75) is 44.6 Å². The van der Waals surface area contributed by atoms with Gasteiger partial charge in [-0.2, -0.15) is 4.98 Å². The molecule has 2 aliphatic heterocycles. The van der Waals surface area contributed by atoms with E-state index in [1.54, 1.807) is 6.20 Å². The lowest BCUT2D eigenvalue weighted by Crippen LogP contribution is -2.46. The molecule has 2 fully saturated rings. The first-order valence-corrected chi connectivity index (χ1v) is 16.5. The van der Waals surface area contributed by atoms with Gasteiger partial charge >= 0.3 is 5.97 Å². The number of imidazole rings is 1. The van der Waals surface area contributed by atoms with Gasteiger partial charge in [-0.15, -0.1) is 0 Å². The Kier molecular flexibility index (Phi) is 10.3. The third kappa shape index (κ3) is 8.07. The van der Waals surface area contributed by atoms with E-state index in [0.717, 1.165) is 76.2 Å². The Morgan fingerprint density at radius 2 is 1.64 bits per heavy atom. The minimum absolute atomic E-state index is 0.00132. The van der Waals surface area contributed by atoms with Crippen LogP contribution >= 0.6 is 0 Å². The Morgan fingerprint density at radius 3 is 2.38 bits per heavy atom. The molecule has 47 heavy (non-hydrogen) atoms. The van der Waals surface area contributed by atoms with Crippen molar-refractivity contribution in [3.63, 3.8) is 0 Å². The zero-order valence-electron chi connectivity index (χ0n) is 26.7. The first-order valence-electron chi connectivity index (χ1n) is 16.5. The molecule has 1 atom stereocenters. The van der Waals surface area contributed by atoms with Gasteiger partial charge in [0.05, 0.1) is 12.2 Å². The molecular formula is C35H43N9O3. The van der Waals surface area contributed by atoms with E-state index in [0.29, 0.717) is 36.2 Å². The molecule has 2 aromatic heterocycles. The number of nitrogens with one attached hydrogen (secondary N) is 2. The molecular weight excluding hydrogens is 594 g/mol. The number of unbranched alkanes of at least 4 members (excludes halogenated alkanes) is 3. The average Bonchev–Trinajstić information content (AvgIpc) is 3.71. The minimum Gasteiger partial charge on any atom is -0.481 e. The number of nitrogens with zero attached hydrogens (tertiary/aromatic N) is 7. The quantitative estimate of drug-likeness (QED) is 0.122. The fourth-order valence-electron chi connectivity index (χ4n) is 6.40. The first-order chi connectivity index (χ1) is 23.0. The Morgan fingerprint density at radius 1 is 0.894 bits per heavy atom. The number of carboxylic acid groups (broad SMARTS) is 1. The summed E-state index contributed by atoms with van der Waals surface area (Å²) in [5.74, 6) is 0.367. The molecule has 0 radical (unpaired) electrons. The first kappa shape index (κ1) is 32.0. The molecule has 4 aromatic rings. The predicted octanol–water partition coefficient (Wildman–Crippen LogP) is 5.43. The van der Waals surface area contributed by atoms with Crippen LogP contribution in [0.1, 0.15) is 44.6 Å². The van der Waals surface area contributed by atoms with Gasteiger partial charge in [0.2, 0.25) is 17.8 Å². The van der Waals surface area contributed by atoms with E-state index in [1.165, 1.54) is 11.8 Å². The number of anilines is 5. The maximum atomic E-state index is 12.4. The van der Waals surface area contributed by atoms with E-state index in [1.807, 2.05) is 35.2 Å². The largest absolute Gasteiger partial charge is 0.481 e. The number of hydrogen-bond acceptors (Lipinski definition) is 9. The molecule has 2 saturated heterocycles. The van der Waals surface area contributed by atoms with Gasteiger partial charge in [0.15, 0.2) is 5.65 Å². The van der Waals surface area contributed by atoms with Crippen molar-refractivity contribution in [3.05, 3.63) is 73.4 Å². The molecule has 0 spiro atoms. The van der Waals surface area contributed by atoms with E-state index in [9.17, 15) is 9.59 Å². The molecule has 0 saturated carbocycles. The molecule has 2 aromatic carbocycles. The van der Waals surface area contributed by atoms with Crippen LogP contribution in [0.3, 0.4) is 0 Å². The van der Waals surface area contributed by atoms with Gasteiger partial charge in [-0.25, -0.2) is 9.97 Å². The fourth-order valence-corrected chi connectivity index (χ4v) is 6.40. The summed E-state index contributed by atoms with van der Waals surface area (Å²) in [5, 5.41) is 15.6. The number of likely N-dealkylation sites (tertiary alicyclic amines) is 1. The molecule has 246 valence electrons. The number of aliphatic carboxylic acids is 1. The highest BCUT2D eigenvalue weighted by Gasteiger charge is 2.30. The number of piperazine rings is 1. The second-order valence-corrected chi connectivity index (χ2v) is 12.2. The SMILES string of the molecule is C=CC(=O)N1CCC(n2c(Nc3ccccc3)nc3cnc(Nc4ccc(N5CCN(CCCCCCC(=O)O)CC5)cc4)nc32)C1. The smallest absolute Gasteiger partial charge is 0.303 e. The van der Waals surface area contributed by atoms with E-state index in [4.69, 9.17) is 15.1 Å². The van der Waals surface area contributed by atoms with Crippen LogP contribution in [0.2, 0.25) is 0 Å². The van der Waals surface area contributed by atoms with Crippen LogP contribution in [-0.2, 0) is 9.59 Å². The number of carbonyl (C=O) groups is 2. The van der Waals surface area contributed by atoms with Gasteiger partial charge in [0.25, 0.3) is 0 Å². The number of para-hydroxylation sites is 1. The molecule has 0 bridgehead atoms. The Balaban J connectivity index is 1.10. The number of hydrogen-bond donors (Lipinski definition) is 3. The Bertz CT molecular complexity index is 1670. The lowest BCUT2D eigenvalue weighted by atomic mass is 10.1.